The van der Waals surface area contributed by atoms with Crippen molar-refractivity contribution in [1.29, 1.82) is 0 Å². The van der Waals surface area contributed by atoms with Crippen LogP contribution in [0.25, 0.3) is 12.2 Å². The summed E-state index contributed by atoms with van der Waals surface area (Å²) in [7, 11) is 6.72. The van der Waals surface area contributed by atoms with Crippen LogP contribution in [0.3, 0.4) is 0 Å². The Hall–Kier alpha value is -6.40. The number of carbonyl (C=O) groups is 6. The molecule has 0 unspecified atom stereocenters. The van der Waals surface area contributed by atoms with Gasteiger partial charge >= 0.3 is 23.9 Å². The molecule has 18 heteroatoms. The number of likely N-dealkylation sites (N-methyl/N-ethyl adjacent to an activating group) is 4. The molecule has 6 rings (SSSR count). The van der Waals surface area contributed by atoms with E-state index >= 15 is 0 Å². The molecule has 16 nitrogen and oxygen atoms in total. The highest BCUT2D eigenvalue weighted by atomic mass is 32.1. The molecule has 4 fully saturated rings. The van der Waals surface area contributed by atoms with Crippen LogP contribution in [0.1, 0.15) is 114 Å². The van der Waals surface area contributed by atoms with Crippen LogP contribution in [0, 0.1) is 23.7 Å². The van der Waals surface area contributed by atoms with Gasteiger partial charge in [-0.1, -0.05) is 13.2 Å². The van der Waals surface area contributed by atoms with E-state index in [1.165, 1.54) is 9.80 Å². The Morgan fingerprint density at radius 2 is 0.878 bits per heavy atom. The second-order valence-corrected chi connectivity index (χ2v) is 19.9. The molecule has 2 aromatic rings. The molecule has 398 valence electrons. The van der Waals surface area contributed by atoms with Gasteiger partial charge in [-0.15, -0.1) is 0 Å². The Morgan fingerprint density at radius 1 is 0.527 bits per heavy atom. The fraction of sp³-hybridized carbons (Fsp3) is 0.500. The highest BCUT2D eigenvalue weighted by Gasteiger charge is 2.37. The van der Waals surface area contributed by atoms with Gasteiger partial charge in [0.05, 0.1) is 38.3 Å². The van der Waals surface area contributed by atoms with Crippen LogP contribution in [-0.4, -0.2) is 120 Å². The number of esters is 4. The zero-order valence-corrected chi connectivity index (χ0v) is 44.8. The molecule has 0 atom stereocenters. The normalized spacial score (nSPS) is 21.0. The minimum Gasteiger partial charge on any atom is -0.493 e. The second kappa shape index (κ2) is 27.8. The number of thiocarbonyl (C=S) groups is 2. The number of hydrogen-bond donors (Lipinski definition) is 0. The first-order chi connectivity index (χ1) is 35.6. The summed E-state index contributed by atoms with van der Waals surface area (Å²) in [4.78, 5) is 82.1. The standard InChI is InChI=1S/C56H70N4O12S2/c1-7-49(61)69-31-15-11-9-13-29-67-47-27-25-43(33-41(47)35-45-51(63)59(5)55(73)57(45)3)71-53(65)39-21-17-37(18-22-39)38-19-23-40(24-20-38)54(66)72-44-26-28-48(68-30-14-10-12-16-32-70-50(62)8-2)42(34-44)36-46-52(64)60(6)56(74)58(46)4/h7-8,25-28,33-40H,1-2,9-24,29-32H2,3-6H3/b45-35-,46-36-. The molecule has 2 saturated heterocycles. The average Bonchev–Trinajstić information content (AvgIpc) is 3.70. The average molecular weight is 1060 g/mol. The molecule has 2 amide bonds. The molecule has 0 radical (unpaired) electrons. The zero-order valence-electron chi connectivity index (χ0n) is 43.1. The molecule has 74 heavy (non-hydrogen) atoms. The second-order valence-electron chi connectivity index (χ2n) is 19.2. The molecule has 2 heterocycles. The van der Waals surface area contributed by atoms with Crippen molar-refractivity contribution in [1.82, 2.24) is 19.6 Å². The van der Waals surface area contributed by atoms with Gasteiger partial charge in [-0.3, -0.25) is 29.0 Å². The summed E-state index contributed by atoms with van der Waals surface area (Å²) in [5.74, 6) is 0.241. The van der Waals surface area contributed by atoms with Gasteiger partial charge in [0.15, 0.2) is 10.2 Å². The lowest BCUT2D eigenvalue weighted by atomic mass is 9.69. The van der Waals surface area contributed by atoms with Gasteiger partial charge in [0, 0.05) is 51.5 Å². The van der Waals surface area contributed by atoms with E-state index in [1.54, 1.807) is 86.5 Å². The lowest BCUT2D eigenvalue weighted by molar-refractivity contribution is -0.142. The highest BCUT2D eigenvalue weighted by Crippen LogP contribution is 2.42. The van der Waals surface area contributed by atoms with Crippen LogP contribution in [0.2, 0.25) is 0 Å². The van der Waals surface area contributed by atoms with Gasteiger partial charge in [-0.25, -0.2) is 9.59 Å². The number of nitrogens with zero attached hydrogens (tertiary/aromatic N) is 4. The Kier molecular flexibility index (Phi) is 21.3. The third kappa shape index (κ3) is 15.3. The monoisotopic (exact) mass is 1050 g/mol. The van der Waals surface area contributed by atoms with E-state index in [-0.39, 0.29) is 35.6 Å². The minimum atomic E-state index is -0.432. The van der Waals surface area contributed by atoms with E-state index in [9.17, 15) is 28.8 Å². The van der Waals surface area contributed by atoms with Crippen molar-refractivity contribution in [3.8, 4) is 23.0 Å². The molecule has 0 bridgehead atoms. The summed E-state index contributed by atoms with van der Waals surface area (Å²) in [6, 6.07) is 10.4. The largest absolute Gasteiger partial charge is 0.493 e. The van der Waals surface area contributed by atoms with E-state index in [0.29, 0.717) is 120 Å². The first-order valence-electron chi connectivity index (χ1n) is 25.7. The smallest absolute Gasteiger partial charge is 0.330 e. The molecule has 4 aliphatic rings. The van der Waals surface area contributed by atoms with Gasteiger partial charge < -0.3 is 38.2 Å². The first kappa shape index (κ1) is 56.9. The summed E-state index contributed by atoms with van der Waals surface area (Å²) in [6.45, 7) is 8.33. The van der Waals surface area contributed by atoms with Crippen molar-refractivity contribution >= 4 is 82.5 Å². The summed E-state index contributed by atoms with van der Waals surface area (Å²) in [6.07, 6.45) is 18.6. The predicted molar refractivity (Wildman–Crippen MR) is 288 cm³/mol. The third-order valence-electron chi connectivity index (χ3n) is 14.2. The SMILES string of the molecule is C=CC(=O)OCCCCCCOc1ccc(OC(=O)C2CCC(C3CCC(C(=O)Oc4ccc(OCCCCCCOC(=O)C=C)c(/C=C5/C(=O)N(C)C(=S)N5C)c4)CC3)CC2)cc1/C=C1/C(=O)N(C)C(=S)N1C. The molecule has 2 aliphatic carbocycles. The molecule has 2 aliphatic heterocycles. The molecular formula is C56H70N4O12S2. The minimum absolute atomic E-state index is 0.250. The molecule has 0 spiro atoms. The van der Waals surface area contributed by atoms with E-state index < -0.39 is 11.9 Å². The Bertz CT molecular complexity index is 2320. The van der Waals surface area contributed by atoms with Crippen molar-refractivity contribution in [2.45, 2.75) is 103 Å². The van der Waals surface area contributed by atoms with E-state index in [4.69, 9.17) is 52.9 Å². The van der Waals surface area contributed by atoms with Crippen LogP contribution in [-0.2, 0) is 38.2 Å². The zero-order chi connectivity index (χ0) is 53.3. The van der Waals surface area contributed by atoms with Crippen LogP contribution >= 0.6 is 24.4 Å². The van der Waals surface area contributed by atoms with Crippen LogP contribution in [0.15, 0.2) is 73.1 Å². The van der Waals surface area contributed by atoms with Gasteiger partial charge in [0.1, 0.15) is 34.4 Å². The molecule has 2 aromatic carbocycles. The van der Waals surface area contributed by atoms with E-state index in [2.05, 4.69) is 13.2 Å². The maximum Gasteiger partial charge on any atom is 0.330 e. The van der Waals surface area contributed by atoms with E-state index in [0.717, 1.165) is 89.2 Å². The summed E-state index contributed by atoms with van der Waals surface area (Å²) < 4.78 is 34.4. The lowest BCUT2D eigenvalue weighted by Crippen LogP contribution is -2.32. The van der Waals surface area contributed by atoms with Crippen molar-refractivity contribution in [2.24, 2.45) is 23.7 Å². The molecular weight excluding hydrogens is 985 g/mol. The number of hydrogen-bond acceptors (Lipinski definition) is 14. The quantitative estimate of drug-likeness (QED) is 0.0303. The number of unbranched alkanes of at least 4 members (excludes halogenated alkanes) is 6. The molecule has 2 saturated carbocycles. The lowest BCUT2D eigenvalue weighted by Gasteiger charge is -2.36. The number of benzene rings is 2. The molecule has 0 N–H and O–H groups in total. The first-order valence-corrected chi connectivity index (χ1v) is 26.5. The fourth-order valence-corrected chi connectivity index (χ4v) is 10.1. The maximum atomic E-state index is 13.6. The Morgan fingerprint density at radius 3 is 1.20 bits per heavy atom. The van der Waals surface area contributed by atoms with Gasteiger partial charge in [-0.05, 0) is 188 Å². The summed E-state index contributed by atoms with van der Waals surface area (Å²) in [5, 5.41) is 0.751. The van der Waals surface area contributed by atoms with Crippen molar-refractivity contribution in [3.63, 3.8) is 0 Å². The number of amides is 2. The number of carbonyl (C=O) groups excluding carboxylic acids is 6. The van der Waals surface area contributed by atoms with Gasteiger partial charge in [0.2, 0.25) is 0 Å². The van der Waals surface area contributed by atoms with Crippen molar-refractivity contribution in [3.05, 3.63) is 84.2 Å². The van der Waals surface area contributed by atoms with Crippen LogP contribution < -0.4 is 18.9 Å². The highest BCUT2D eigenvalue weighted by molar-refractivity contribution is 7.80. The summed E-state index contributed by atoms with van der Waals surface area (Å²) >= 11 is 10.9. The van der Waals surface area contributed by atoms with Crippen LogP contribution in [0.4, 0.5) is 0 Å². The summed E-state index contributed by atoms with van der Waals surface area (Å²) in [5.41, 5.74) is 1.91. The Balaban J connectivity index is 0.988. The number of ether oxygens (including phenoxy) is 6. The molecule has 0 aromatic heterocycles. The topological polar surface area (TPSA) is 171 Å². The number of rotatable bonds is 25. The Labute approximate surface area is 445 Å². The van der Waals surface area contributed by atoms with Crippen LogP contribution in [0.5, 0.6) is 23.0 Å². The van der Waals surface area contributed by atoms with E-state index in [1.807, 2.05) is 0 Å². The maximum absolute atomic E-state index is 13.6. The van der Waals surface area contributed by atoms with Gasteiger partial charge in [-0.2, -0.15) is 0 Å². The fourth-order valence-electron chi connectivity index (χ4n) is 9.74. The van der Waals surface area contributed by atoms with Crippen molar-refractivity contribution < 1.29 is 57.2 Å². The predicted octanol–water partition coefficient (Wildman–Crippen LogP) is 9.21. The van der Waals surface area contributed by atoms with Gasteiger partial charge in [0.25, 0.3) is 11.8 Å². The van der Waals surface area contributed by atoms with Crippen molar-refractivity contribution in [2.75, 3.05) is 54.6 Å². The third-order valence-corrected chi connectivity index (χ3v) is 15.3.